The molecule has 0 fully saturated rings. The molecule has 1 heterocycles. The van der Waals surface area contributed by atoms with E-state index in [1.54, 1.807) is 18.2 Å². The SMILES string of the molecule is CC(C)(C)[Si](C)(C)OC(Cc1ccccc1)c1ccc2oc3ccc(C(=O)CC(=O)O)cc3c2c1. The van der Waals surface area contributed by atoms with Gasteiger partial charge < -0.3 is 13.9 Å². The van der Waals surface area contributed by atoms with E-state index in [1.165, 1.54) is 5.56 Å². The lowest BCUT2D eigenvalue weighted by molar-refractivity contribution is -0.135. The number of rotatable bonds is 8. The minimum absolute atomic E-state index is 0.0633. The lowest BCUT2D eigenvalue weighted by Crippen LogP contribution is -2.42. The van der Waals surface area contributed by atoms with Crippen LogP contribution in [0.4, 0.5) is 0 Å². The average Bonchev–Trinajstić information content (AvgIpc) is 3.15. The van der Waals surface area contributed by atoms with Gasteiger partial charge in [0, 0.05) is 22.8 Å². The highest BCUT2D eigenvalue weighted by atomic mass is 28.4. The van der Waals surface area contributed by atoms with Gasteiger partial charge in [-0.3, -0.25) is 9.59 Å². The molecule has 0 aliphatic carbocycles. The first-order chi connectivity index (χ1) is 16.4. The van der Waals surface area contributed by atoms with Crippen LogP contribution in [0.1, 0.15) is 54.8 Å². The minimum Gasteiger partial charge on any atom is -0.481 e. The molecule has 0 bridgehead atoms. The molecule has 35 heavy (non-hydrogen) atoms. The summed E-state index contributed by atoms with van der Waals surface area (Å²) >= 11 is 0. The molecule has 1 N–H and O–H groups in total. The summed E-state index contributed by atoms with van der Waals surface area (Å²) in [6.45, 7) is 11.2. The van der Waals surface area contributed by atoms with Crippen molar-refractivity contribution in [3.8, 4) is 0 Å². The molecule has 0 aliphatic heterocycles. The molecular formula is C29H32O5Si. The van der Waals surface area contributed by atoms with Crippen molar-refractivity contribution >= 4 is 42.0 Å². The maximum Gasteiger partial charge on any atom is 0.311 e. The van der Waals surface area contributed by atoms with Crippen molar-refractivity contribution in [1.82, 2.24) is 0 Å². The fourth-order valence-electron chi connectivity index (χ4n) is 4.00. The molecule has 0 saturated carbocycles. The Labute approximate surface area is 206 Å². The average molecular weight is 489 g/mol. The molecule has 0 radical (unpaired) electrons. The number of benzene rings is 3. The zero-order valence-corrected chi connectivity index (χ0v) is 21.9. The highest BCUT2D eigenvalue weighted by Crippen LogP contribution is 2.41. The summed E-state index contributed by atoms with van der Waals surface area (Å²) in [6, 6.07) is 21.5. The van der Waals surface area contributed by atoms with Crippen LogP contribution in [0.3, 0.4) is 0 Å². The maximum absolute atomic E-state index is 12.4. The summed E-state index contributed by atoms with van der Waals surface area (Å²) in [5.74, 6) is -1.56. The number of furan rings is 1. The van der Waals surface area contributed by atoms with E-state index in [4.69, 9.17) is 13.9 Å². The highest BCUT2D eigenvalue weighted by Gasteiger charge is 2.39. The first-order valence-corrected chi connectivity index (χ1v) is 14.8. The fourth-order valence-corrected chi connectivity index (χ4v) is 5.28. The third-order valence-corrected chi connectivity index (χ3v) is 11.5. The molecule has 3 aromatic carbocycles. The molecule has 0 amide bonds. The third-order valence-electron chi connectivity index (χ3n) is 7.01. The smallest absolute Gasteiger partial charge is 0.311 e. The van der Waals surface area contributed by atoms with E-state index in [0.29, 0.717) is 11.1 Å². The monoisotopic (exact) mass is 488 g/mol. The zero-order valence-electron chi connectivity index (χ0n) is 20.9. The Morgan fingerprint density at radius 3 is 2.20 bits per heavy atom. The Hall–Kier alpha value is -3.22. The molecular weight excluding hydrogens is 456 g/mol. The number of fused-ring (bicyclic) bond motifs is 3. The number of carbonyl (C=O) groups excluding carboxylic acids is 1. The standard InChI is InChI=1S/C29H32O5Si/c1-29(2,3)35(4,5)34-27(15-19-9-7-6-8-10-19)21-12-14-26-23(17-21)22-16-20(11-13-25(22)33-26)24(30)18-28(31)32/h6-14,16-17,27H,15,18H2,1-5H3,(H,31,32). The fraction of sp³-hybridized carbons (Fsp3) is 0.310. The minimum atomic E-state index is -2.07. The largest absolute Gasteiger partial charge is 0.481 e. The maximum atomic E-state index is 12.4. The number of hydrogen-bond donors (Lipinski definition) is 1. The molecule has 1 aromatic heterocycles. The third kappa shape index (κ3) is 5.39. The van der Waals surface area contributed by atoms with Gasteiger partial charge in [0.15, 0.2) is 14.1 Å². The summed E-state index contributed by atoms with van der Waals surface area (Å²) < 4.78 is 12.9. The van der Waals surface area contributed by atoms with Gasteiger partial charge in [0.25, 0.3) is 0 Å². The van der Waals surface area contributed by atoms with Crippen LogP contribution in [0.5, 0.6) is 0 Å². The molecule has 0 spiro atoms. The summed E-state index contributed by atoms with van der Waals surface area (Å²) in [5, 5.41) is 10.8. The Morgan fingerprint density at radius 2 is 1.57 bits per heavy atom. The van der Waals surface area contributed by atoms with E-state index in [9.17, 15) is 9.59 Å². The van der Waals surface area contributed by atoms with Gasteiger partial charge in [0.2, 0.25) is 0 Å². The molecule has 1 atom stereocenters. The molecule has 4 rings (SSSR count). The molecule has 4 aromatic rings. The van der Waals surface area contributed by atoms with Crippen LogP contribution in [0.2, 0.25) is 18.1 Å². The number of carboxylic acid groups (broad SMARTS) is 1. The van der Waals surface area contributed by atoms with Crippen molar-refractivity contribution in [2.24, 2.45) is 0 Å². The van der Waals surface area contributed by atoms with Crippen LogP contribution in [-0.2, 0) is 15.6 Å². The quantitative estimate of drug-likeness (QED) is 0.157. The van der Waals surface area contributed by atoms with Gasteiger partial charge in [0.05, 0.1) is 6.10 Å². The summed E-state index contributed by atoms with van der Waals surface area (Å²) in [4.78, 5) is 23.4. The molecule has 0 saturated heterocycles. The van der Waals surface area contributed by atoms with Gasteiger partial charge >= 0.3 is 5.97 Å². The topological polar surface area (TPSA) is 76.7 Å². The van der Waals surface area contributed by atoms with Crippen LogP contribution in [0.25, 0.3) is 21.9 Å². The Balaban J connectivity index is 1.79. The number of carbonyl (C=O) groups is 2. The predicted molar refractivity (Wildman–Crippen MR) is 141 cm³/mol. The number of ketones is 1. The summed E-state index contributed by atoms with van der Waals surface area (Å²) in [5.41, 5.74) is 4.00. The Bertz CT molecular complexity index is 1380. The van der Waals surface area contributed by atoms with Crippen molar-refractivity contribution < 1.29 is 23.5 Å². The van der Waals surface area contributed by atoms with Crippen molar-refractivity contribution in [3.05, 3.63) is 83.4 Å². The number of Topliss-reactive ketones (excluding diaryl/α,β-unsaturated/α-hetero) is 1. The molecule has 6 heteroatoms. The van der Waals surface area contributed by atoms with Gasteiger partial charge in [-0.15, -0.1) is 0 Å². The second-order valence-corrected chi connectivity index (χ2v) is 15.4. The van der Waals surface area contributed by atoms with Crippen molar-refractivity contribution in [1.29, 1.82) is 0 Å². The van der Waals surface area contributed by atoms with Crippen LogP contribution >= 0.6 is 0 Å². The van der Waals surface area contributed by atoms with E-state index >= 15 is 0 Å². The lowest BCUT2D eigenvalue weighted by atomic mass is 9.99. The van der Waals surface area contributed by atoms with Crippen LogP contribution in [-0.4, -0.2) is 25.2 Å². The van der Waals surface area contributed by atoms with Crippen molar-refractivity contribution in [2.45, 2.75) is 57.8 Å². The first kappa shape index (κ1) is 24.9. The summed E-state index contributed by atoms with van der Waals surface area (Å²) in [6.07, 6.45) is 0.0766. The van der Waals surface area contributed by atoms with Crippen LogP contribution in [0, 0.1) is 0 Å². The van der Waals surface area contributed by atoms with E-state index in [2.05, 4.69) is 58.1 Å². The zero-order chi connectivity index (χ0) is 25.4. The van der Waals surface area contributed by atoms with Gasteiger partial charge in [0.1, 0.15) is 17.6 Å². The second-order valence-electron chi connectivity index (χ2n) is 10.6. The van der Waals surface area contributed by atoms with E-state index in [0.717, 1.165) is 28.3 Å². The predicted octanol–water partition coefficient (Wildman–Crippen LogP) is 7.55. The van der Waals surface area contributed by atoms with E-state index in [-0.39, 0.29) is 11.1 Å². The van der Waals surface area contributed by atoms with Crippen molar-refractivity contribution in [2.75, 3.05) is 0 Å². The number of carboxylic acids is 1. The van der Waals surface area contributed by atoms with Crippen LogP contribution < -0.4 is 0 Å². The lowest BCUT2D eigenvalue weighted by Gasteiger charge is -2.39. The molecule has 0 aliphatic rings. The van der Waals surface area contributed by atoms with Crippen molar-refractivity contribution in [3.63, 3.8) is 0 Å². The first-order valence-electron chi connectivity index (χ1n) is 11.9. The van der Waals surface area contributed by atoms with Gasteiger partial charge in [-0.1, -0.05) is 57.2 Å². The van der Waals surface area contributed by atoms with E-state index < -0.39 is 26.5 Å². The Morgan fingerprint density at radius 1 is 0.943 bits per heavy atom. The molecule has 182 valence electrons. The highest BCUT2D eigenvalue weighted by molar-refractivity contribution is 6.74. The molecule has 1 unspecified atom stereocenters. The van der Waals surface area contributed by atoms with Gasteiger partial charge in [-0.2, -0.15) is 0 Å². The molecule has 5 nitrogen and oxygen atoms in total. The number of hydrogen-bond acceptors (Lipinski definition) is 4. The van der Waals surface area contributed by atoms with E-state index in [1.807, 2.05) is 24.3 Å². The van der Waals surface area contributed by atoms with Gasteiger partial charge in [-0.25, -0.2) is 0 Å². The van der Waals surface area contributed by atoms with Crippen LogP contribution in [0.15, 0.2) is 71.1 Å². The second kappa shape index (κ2) is 9.44. The summed E-state index contributed by atoms with van der Waals surface area (Å²) in [7, 11) is -2.07. The normalized spacial score (nSPS) is 13.3. The Kier molecular flexibility index (Phi) is 6.71. The van der Waals surface area contributed by atoms with Gasteiger partial charge in [-0.05, 0) is 59.6 Å². The number of aliphatic carboxylic acids is 1.